The molecule has 0 radical (unpaired) electrons. The van der Waals surface area contributed by atoms with Crippen molar-refractivity contribution < 1.29 is 0 Å². The standard InChI is InChI=1S/C14H23N3/c1-11(2)14-7-6-13(9-16-14)17-8-4-5-12(10-17)15-3/h6-7,9,11-12,15H,4-5,8,10H2,1-3H3/t12-/m1/s1. The smallest absolute Gasteiger partial charge is 0.0553 e. The SMILES string of the molecule is CN[C@@H]1CCCN(c2ccc(C(C)C)nc2)C1. The van der Waals surface area contributed by atoms with Gasteiger partial charge in [0.1, 0.15) is 0 Å². The van der Waals surface area contributed by atoms with Gasteiger partial charge in [0.2, 0.25) is 0 Å². The van der Waals surface area contributed by atoms with Crippen LogP contribution in [0.3, 0.4) is 0 Å². The van der Waals surface area contributed by atoms with E-state index in [9.17, 15) is 0 Å². The summed E-state index contributed by atoms with van der Waals surface area (Å²) in [6.45, 7) is 6.61. The highest BCUT2D eigenvalue weighted by molar-refractivity contribution is 5.45. The van der Waals surface area contributed by atoms with Crippen LogP contribution in [0, 0.1) is 0 Å². The molecule has 1 aliphatic heterocycles. The van der Waals surface area contributed by atoms with Gasteiger partial charge >= 0.3 is 0 Å². The lowest BCUT2D eigenvalue weighted by Gasteiger charge is -2.34. The molecule has 1 atom stereocenters. The van der Waals surface area contributed by atoms with Crippen molar-refractivity contribution in [3.63, 3.8) is 0 Å². The second kappa shape index (κ2) is 5.50. The number of piperidine rings is 1. The van der Waals surface area contributed by atoms with E-state index in [4.69, 9.17) is 0 Å². The molecule has 2 heterocycles. The van der Waals surface area contributed by atoms with Crippen LogP contribution in [0.1, 0.15) is 38.3 Å². The number of nitrogens with one attached hydrogen (secondary N) is 1. The maximum absolute atomic E-state index is 4.54. The first-order valence-electron chi connectivity index (χ1n) is 6.59. The lowest BCUT2D eigenvalue weighted by Crippen LogP contribution is -2.44. The van der Waals surface area contributed by atoms with Crippen LogP contribution in [0.4, 0.5) is 5.69 Å². The molecule has 0 aliphatic carbocycles. The van der Waals surface area contributed by atoms with Gasteiger partial charge in [0, 0.05) is 24.8 Å². The number of hydrogen-bond acceptors (Lipinski definition) is 3. The molecule has 0 amide bonds. The van der Waals surface area contributed by atoms with Crippen LogP contribution in [0.5, 0.6) is 0 Å². The van der Waals surface area contributed by atoms with Gasteiger partial charge in [-0.25, -0.2) is 0 Å². The van der Waals surface area contributed by atoms with Gasteiger partial charge in [-0.2, -0.15) is 0 Å². The van der Waals surface area contributed by atoms with Crippen molar-refractivity contribution in [1.29, 1.82) is 0 Å². The maximum atomic E-state index is 4.54. The van der Waals surface area contributed by atoms with Crippen molar-refractivity contribution >= 4 is 5.69 Å². The summed E-state index contributed by atoms with van der Waals surface area (Å²) in [6, 6.07) is 4.98. The van der Waals surface area contributed by atoms with Crippen LogP contribution in [0.25, 0.3) is 0 Å². The third kappa shape index (κ3) is 2.97. The molecule has 1 N–H and O–H groups in total. The zero-order valence-corrected chi connectivity index (χ0v) is 11.1. The molecule has 0 spiro atoms. The van der Waals surface area contributed by atoms with Crippen molar-refractivity contribution in [2.75, 3.05) is 25.0 Å². The van der Waals surface area contributed by atoms with Gasteiger partial charge in [0.25, 0.3) is 0 Å². The van der Waals surface area contributed by atoms with Crippen molar-refractivity contribution in [3.8, 4) is 0 Å². The Balaban J connectivity index is 2.06. The number of pyridine rings is 1. The van der Waals surface area contributed by atoms with E-state index in [1.165, 1.54) is 24.2 Å². The van der Waals surface area contributed by atoms with E-state index in [1.807, 2.05) is 13.2 Å². The van der Waals surface area contributed by atoms with Gasteiger partial charge in [0.15, 0.2) is 0 Å². The first-order valence-corrected chi connectivity index (χ1v) is 6.59. The summed E-state index contributed by atoms with van der Waals surface area (Å²) in [4.78, 5) is 6.97. The quantitative estimate of drug-likeness (QED) is 0.869. The van der Waals surface area contributed by atoms with Gasteiger partial charge in [-0.3, -0.25) is 4.98 Å². The molecule has 0 saturated carbocycles. The minimum absolute atomic E-state index is 0.510. The Bertz CT molecular complexity index is 345. The van der Waals surface area contributed by atoms with Crippen LogP contribution >= 0.6 is 0 Å². The highest BCUT2D eigenvalue weighted by Gasteiger charge is 2.18. The summed E-state index contributed by atoms with van der Waals surface area (Å²) in [5.74, 6) is 0.510. The Hall–Kier alpha value is -1.09. The van der Waals surface area contributed by atoms with Crippen LogP contribution in [0.2, 0.25) is 0 Å². The van der Waals surface area contributed by atoms with Gasteiger partial charge in [0.05, 0.1) is 11.9 Å². The van der Waals surface area contributed by atoms with Crippen molar-refractivity contribution in [3.05, 3.63) is 24.0 Å². The predicted molar refractivity (Wildman–Crippen MR) is 72.6 cm³/mol. The van der Waals surface area contributed by atoms with E-state index in [0.29, 0.717) is 12.0 Å². The zero-order chi connectivity index (χ0) is 12.3. The summed E-state index contributed by atoms with van der Waals surface area (Å²) in [7, 11) is 2.05. The number of anilines is 1. The molecule has 0 unspecified atom stereocenters. The fourth-order valence-corrected chi connectivity index (χ4v) is 2.37. The third-order valence-electron chi connectivity index (χ3n) is 3.56. The number of aromatic nitrogens is 1. The number of rotatable bonds is 3. The number of likely N-dealkylation sites (N-methyl/N-ethyl adjacent to an activating group) is 1. The molecule has 3 nitrogen and oxygen atoms in total. The number of nitrogens with zero attached hydrogens (tertiary/aromatic N) is 2. The summed E-state index contributed by atoms with van der Waals surface area (Å²) in [5, 5.41) is 3.37. The molecule has 1 aromatic heterocycles. The van der Waals surface area contributed by atoms with Gasteiger partial charge in [-0.1, -0.05) is 13.8 Å². The van der Waals surface area contributed by atoms with E-state index >= 15 is 0 Å². The highest BCUT2D eigenvalue weighted by Crippen LogP contribution is 2.21. The molecule has 1 fully saturated rings. The Morgan fingerprint density at radius 1 is 1.41 bits per heavy atom. The second-order valence-electron chi connectivity index (χ2n) is 5.17. The Morgan fingerprint density at radius 3 is 2.82 bits per heavy atom. The molecule has 0 bridgehead atoms. The molecule has 2 rings (SSSR count). The normalized spacial score (nSPS) is 20.9. The van der Waals surface area contributed by atoms with Crippen LogP contribution in [-0.4, -0.2) is 31.2 Å². The van der Waals surface area contributed by atoms with Gasteiger partial charge in [-0.15, -0.1) is 0 Å². The highest BCUT2D eigenvalue weighted by atomic mass is 15.2. The van der Waals surface area contributed by atoms with Gasteiger partial charge < -0.3 is 10.2 Å². The van der Waals surface area contributed by atoms with Crippen LogP contribution in [-0.2, 0) is 0 Å². The molecule has 94 valence electrons. The first kappa shape index (κ1) is 12.4. The van der Waals surface area contributed by atoms with Crippen molar-refractivity contribution in [2.45, 2.75) is 38.6 Å². The molecule has 1 saturated heterocycles. The maximum Gasteiger partial charge on any atom is 0.0553 e. The lowest BCUT2D eigenvalue weighted by atomic mass is 10.1. The fourth-order valence-electron chi connectivity index (χ4n) is 2.37. The van der Waals surface area contributed by atoms with E-state index in [0.717, 1.165) is 13.1 Å². The molecule has 0 aromatic carbocycles. The molecular weight excluding hydrogens is 210 g/mol. The Labute approximate surface area is 104 Å². The summed E-state index contributed by atoms with van der Waals surface area (Å²) in [5.41, 5.74) is 2.44. The number of hydrogen-bond donors (Lipinski definition) is 1. The molecule has 17 heavy (non-hydrogen) atoms. The lowest BCUT2D eigenvalue weighted by molar-refractivity contribution is 0.449. The summed E-state index contributed by atoms with van der Waals surface area (Å²) >= 11 is 0. The van der Waals surface area contributed by atoms with Crippen molar-refractivity contribution in [1.82, 2.24) is 10.3 Å². The summed E-state index contributed by atoms with van der Waals surface area (Å²) in [6.07, 6.45) is 4.56. The van der Waals surface area contributed by atoms with E-state index in [2.05, 4.69) is 41.2 Å². The van der Waals surface area contributed by atoms with E-state index in [1.54, 1.807) is 0 Å². The van der Waals surface area contributed by atoms with Gasteiger partial charge in [-0.05, 0) is 37.9 Å². The molecule has 1 aromatic rings. The average molecular weight is 233 g/mol. The molecule has 1 aliphatic rings. The second-order valence-corrected chi connectivity index (χ2v) is 5.17. The first-order chi connectivity index (χ1) is 8.20. The molecule has 3 heteroatoms. The topological polar surface area (TPSA) is 28.2 Å². The Morgan fingerprint density at radius 2 is 2.24 bits per heavy atom. The minimum Gasteiger partial charge on any atom is -0.369 e. The third-order valence-corrected chi connectivity index (χ3v) is 3.56. The van der Waals surface area contributed by atoms with E-state index in [-0.39, 0.29) is 0 Å². The molecular formula is C14H23N3. The monoisotopic (exact) mass is 233 g/mol. The van der Waals surface area contributed by atoms with Crippen molar-refractivity contribution in [2.24, 2.45) is 0 Å². The minimum atomic E-state index is 0.510. The zero-order valence-electron chi connectivity index (χ0n) is 11.1. The summed E-state index contributed by atoms with van der Waals surface area (Å²) < 4.78 is 0. The average Bonchev–Trinajstić information content (AvgIpc) is 2.39. The fraction of sp³-hybridized carbons (Fsp3) is 0.643. The van der Waals surface area contributed by atoms with Crippen LogP contribution in [0.15, 0.2) is 18.3 Å². The van der Waals surface area contributed by atoms with E-state index < -0.39 is 0 Å². The Kier molecular flexibility index (Phi) is 4.00. The largest absolute Gasteiger partial charge is 0.369 e. The predicted octanol–water partition coefficient (Wildman–Crippen LogP) is 2.39. The van der Waals surface area contributed by atoms with Crippen LogP contribution < -0.4 is 10.2 Å².